The van der Waals surface area contributed by atoms with Crippen LogP contribution in [-0.2, 0) is 4.79 Å². The smallest absolute Gasteiger partial charge is 0.137 e. The van der Waals surface area contributed by atoms with Crippen molar-refractivity contribution in [3.8, 4) is 0 Å². The van der Waals surface area contributed by atoms with Gasteiger partial charge in [-0.15, -0.1) is 0 Å². The summed E-state index contributed by atoms with van der Waals surface area (Å²) in [6.07, 6.45) is 6.12. The minimum atomic E-state index is 0.235. The molecular formula is C14H27NO2. The second-order valence-corrected chi connectivity index (χ2v) is 5.43. The zero-order chi connectivity index (χ0) is 12.7. The van der Waals surface area contributed by atoms with Crippen molar-refractivity contribution in [1.82, 2.24) is 4.90 Å². The maximum Gasteiger partial charge on any atom is 0.137 e. The van der Waals surface area contributed by atoms with Gasteiger partial charge in [-0.3, -0.25) is 4.79 Å². The van der Waals surface area contributed by atoms with Crippen LogP contribution in [0.3, 0.4) is 0 Å². The minimum absolute atomic E-state index is 0.235. The van der Waals surface area contributed by atoms with Crippen LogP contribution in [0, 0.1) is 5.92 Å². The standard InChI is InChI=1S/C14H27NO2/c1-12(2)15(9-6-10-16)11-13-7-4-3-5-8-14(13)17/h12-13,16H,3-11H2,1-2H3. The highest BCUT2D eigenvalue weighted by Crippen LogP contribution is 2.21. The number of hydrogen-bond donors (Lipinski definition) is 1. The second-order valence-electron chi connectivity index (χ2n) is 5.43. The van der Waals surface area contributed by atoms with Crippen molar-refractivity contribution in [2.24, 2.45) is 5.92 Å². The Labute approximate surface area is 105 Å². The van der Waals surface area contributed by atoms with Crippen LogP contribution in [0.2, 0.25) is 0 Å². The van der Waals surface area contributed by atoms with E-state index >= 15 is 0 Å². The predicted octanol–water partition coefficient (Wildman–Crippen LogP) is 2.23. The summed E-state index contributed by atoms with van der Waals surface area (Å²) in [5.74, 6) is 0.691. The lowest BCUT2D eigenvalue weighted by Gasteiger charge is -2.29. The average molecular weight is 241 g/mol. The van der Waals surface area contributed by atoms with E-state index in [9.17, 15) is 4.79 Å². The molecule has 0 aromatic heterocycles. The number of rotatable bonds is 6. The Morgan fingerprint density at radius 3 is 2.76 bits per heavy atom. The monoisotopic (exact) mass is 241 g/mol. The molecule has 3 nitrogen and oxygen atoms in total. The Morgan fingerprint density at radius 2 is 2.12 bits per heavy atom. The van der Waals surface area contributed by atoms with Crippen LogP contribution in [0.15, 0.2) is 0 Å². The fourth-order valence-corrected chi connectivity index (χ4v) is 2.54. The molecule has 0 spiro atoms. The average Bonchev–Trinajstić information content (AvgIpc) is 2.49. The summed E-state index contributed by atoms with van der Waals surface area (Å²) >= 11 is 0. The highest BCUT2D eigenvalue weighted by molar-refractivity contribution is 5.81. The number of hydrogen-bond acceptors (Lipinski definition) is 3. The lowest BCUT2D eigenvalue weighted by atomic mass is 9.97. The van der Waals surface area contributed by atoms with E-state index in [1.807, 2.05) is 0 Å². The molecular weight excluding hydrogens is 214 g/mol. The van der Waals surface area contributed by atoms with Gasteiger partial charge in [-0.1, -0.05) is 12.8 Å². The number of nitrogens with zero attached hydrogens (tertiary/aromatic N) is 1. The van der Waals surface area contributed by atoms with Gasteiger partial charge in [0.25, 0.3) is 0 Å². The quantitative estimate of drug-likeness (QED) is 0.725. The van der Waals surface area contributed by atoms with E-state index in [-0.39, 0.29) is 12.5 Å². The molecule has 1 rings (SSSR count). The maximum absolute atomic E-state index is 12.0. The Bertz CT molecular complexity index is 228. The lowest BCUT2D eigenvalue weighted by molar-refractivity contribution is -0.123. The van der Waals surface area contributed by atoms with Crippen LogP contribution in [-0.4, -0.2) is 41.5 Å². The van der Waals surface area contributed by atoms with E-state index in [0.29, 0.717) is 11.8 Å². The number of carbonyl (C=O) groups is 1. The topological polar surface area (TPSA) is 40.5 Å². The molecule has 3 heteroatoms. The zero-order valence-electron chi connectivity index (χ0n) is 11.3. The SMILES string of the molecule is CC(C)N(CCCO)CC1CCCCCC1=O. The third-order valence-electron chi connectivity index (χ3n) is 3.72. The Kier molecular flexibility index (Phi) is 6.75. The van der Waals surface area contributed by atoms with Gasteiger partial charge in [0.05, 0.1) is 0 Å². The van der Waals surface area contributed by atoms with E-state index < -0.39 is 0 Å². The molecule has 0 amide bonds. The number of ketones is 1. The van der Waals surface area contributed by atoms with Crippen molar-refractivity contribution < 1.29 is 9.90 Å². The molecule has 0 aromatic carbocycles. The van der Waals surface area contributed by atoms with Crippen LogP contribution in [0.1, 0.15) is 52.4 Å². The van der Waals surface area contributed by atoms with Crippen LogP contribution < -0.4 is 0 Å². The van der Waals surface area contributed by atoms with Crippen LogP contribution in [0.4, 0.5) is 0 Å². The van der Waals surface area contributed by atoms with Crippen molar-refractivity contribution >= 4 is 5.78 Å². The fraction of sp³-hybridized carbons (Fsp3) is 0.929. The molecule has 17 heavy (non-hydrogen) atoms. The van der Waals surface area contributed by atoms with Crippen molar-refractivity contribution in [1.29, 1.82) is 0 Å². The van der Waals surface area contributed by atoms with Crippen LogP contribution >= 0.6 is 0 Å². The third kappa shape index (κ3) is 5.17. The van der Waals surface area contributed by atoms with Gasteiger partial charge in [0, 0.05) is 38.1 Å². The molecule has 1 N–H and O–H groups in total. The highest BCUT2D eigenvalue weighted by atomic mass is 16.3. The number of Topliss-reactive ketones (excluding diaryl/α,β-unsaturated/α-hetero) is 1. The normalized spacial score (nSPS) is 22.2. The first kappa shape index (κ1) is 14.7. The van der Waals surface area contributed by atoms with Crippen molar-refractivity contribution in [3.63, 3.8) is 0 Å². The largest absolute Gasteiger partial charge is 0.396 e. The molecule has 1 unspecified atom stereocenters. The van der Waals surface area contributed by atoms with E-state index in [2.05, 4.69) is 18.7 Å². The van der Waals surface area contributed by atoms with Gasteiger partial charge in [0.15, 0.2) is 0 Å². The van der Waals surface area contributed by atoms with Gasteiger partial charge < -0.3 is 10.0 Å². The van der Waals surface area contributed by atoms with Crippen molar-refractivity contribution in [2.75, 3.05) is 19.7 Å². The molecule has 0 aromatic rings. The molecule has 1 fully saturated rings. The zero-order valence-corrected chi connectivity index (χ0v) is 11.3. The summed E-state index contributed by atoms with van der Waals surface area (Å²) < 4.78 is 0. The molecule has 0 aliphatic heterocycles. The summed E-state index contributed by atoms with van der Waals surface area (Å²) in [6, 6.07) is 0.456. The highest BCUT2D eigenvalue weighted by Gasteiger charge is 2.23. The summed E-state index contributed by atoms with van der Waals surface area (Å²) in [5.41, 5.74) is 0. The molecule has 0 saturated heterocycles. The number of aliphatic hydroxyl groups excluding tert-OH is 1. The number of aliphatic hydroxyl groups is 1. The van der Waals surface area contributed by atoms with Gasteiger partial charge in [0.2, 0.25) is 0 Å². The predicted molar refractivity (Wildman–Crippen MR) is 70.0 cm³/mol. The summed E-state index contributed by atoms with van der Waals surface area (Å²) in [6.45, 7) is 6.35. The lowest BCUT2D eigenvalue weighted by Crippen LogP contribution is -2.38. The van der Waals surface area contributed by atoms with E-state index in [4.69, 9.17) is 5.11 Å². The van der Waals surface area contributed by atoms with E-state index in [1.165, 1.54) is 12.8 Å². The van der Waals surface area contributed by atoms with Gasteiger partial charge in [0.1, 0.15) is 5.78 Å². The number of carbonyl (C=O) groups excluding carboxylic acids is 1. The van der Waals surface area contributed by atoms with Gasteiger partial charge >= 0.3 is 0 Å². The molecule has 1 aliphatic carbocycles. The molecule has 100 valence electrons. The first-order valence-corrected chi connectivity index (χ1v) is 7.02. The summed E-state index contributed by atoms with van der Waals surface area (Å²) in [4.78, 5) is 14.3. The molecule has 0 radical (unpaired) electrons. The molecule has 1 saturated carbocycles. The summed E-state index contributed by atoms with van der Waals surface area (Å²) in [5, 5.41) is 8.91. The first-order chi connectivity index (χ1) is 8.15. The third-order valence-corrected chi connectivity index (χ3v) is 3.72. The van der Waals surface area contributed by atoms with Crippen molar-refractivity contribution in [3.05, 3.63) is 0 Å². The molecule has 1 aliphatic rings. The Balaban J connectivity index is 2.48. The van der Waals surface area contributed by atoms with Crippen LogP contribution in [0.25, 0.3) is 0 Å². The molecule has 0 bridgehead atoms. The van der Waals surface area contributed by atoms with Crippen molar-refractivity contribution in [2.45, 2.75) is 58.4 Å². The fourth-order valence-electron chi connectivity index (χ4n) is 2.54. The maximum atomic E-state index is 12.0. The van der Waals surface area contributed by atoms with E-state index in [0.717, 1.165) is 38.8 Å². The van der Waals surface area contributed by atoms with Gasteiger partial charge in [-0.05, 0) is 33.1 Å². The van der Waals surface area contributed by atoms with Gasteiger partial charge in [-0.2, -0.15) is 0 Å². The summed E-state index contributed by atoms with van der Waals surface area (Å²) in [7, 11) is 0. The second kappa shape index (κ2) is 7.83. The molecule has 0 heterocycles. The van der Waals surface area contributed by atoms with Gasteiger partial charge in [-0.25, -0.2) is 0 Å². The minimum Gasteiger partial charge on any atom is -0.396 e. The Morgan fingerprint density at radius 1 is 1.35 bits per heavy atom. The Hall–Kier alpha value is -0.410. The first-order valence-electron chi connectivity index (χ1n) is 7.02. The molecule has 1 atom stereocenters. The van der Waals surface area contributed by atoms with E-state index in [1.54, 1.807) is 0 Å². The van der Waals surface area contributed by atoms with Crippen LogP contribution in [0.5, 0.6) is 0 Å².